The molecule has 0 atom stereocenters. The average molecular weight is 329 g/mol. The lowest BCUT2D eigenvalue weighted by atomic mass is 10.3. The Bertz CT molecular complexity index is 638. The van der Waals surface area contributed by atoms with Gasteiger partial charge in [0.05, 0.1) is 23.9 Å². The first-order valence-corrected chi connectivity index (χ1v) is 6.92. The number of nitrogens with zero attached hydrogens (tertiary/aromatic N) is 3. The van der Waals surface area contributed by atoms with E-state index in [-0.39, 0.29) is 23.3 Å². The SMILES string of the molecule is COc1ccc(Cl)c(Nc2nc(Cl)nc(OC(C)C)n2)c1. The molecule has 0 spiro atoms. The Hall–Kier alpha value is -1.79. The van der Waals surface area contributed by atoms with Crippen molar-refractivity contribution in [3.8, 4) is 11.8 Å². The second-order valence-corrected chi connectivity index (χ2v) is 5.09. The van der Waals surface area contributed by atoms with Crippen LogP contribution in [0.2, 0.25) is 10.3 Å². The number of ether oxygens (including phenoxy) is 2. The van der Waals surface area contributed by atoms with Gasteiger partial charge in [0, 0.05) is 6.07 Å². The molecule has 0 aliphatic heterocycles. The summed E-state index contributed by atoms with van der Waals surface area (Å²) < 4.78 is 10.5. The largest absolute Gasteiger partial charge is 0.497 e. The first-order chi connectivity index (χ1) is 9.97. The van der Waals surface area contributed by atoms with Crippen LogP contribution in [0.25, 0.3) is 0 Å². The highest BCUT2D eigenvalue weighted by atomic mass is 35.5. The summed E-state index contributed by atoms with van der Waals surface area (Å²) in [6, 6.07) is 5.33. The second-order valence-electron chi connectivity index (χ2n) is 4.35. The zero-order valence-corrected chi connectivity index (χ0v) is 13.2. The van der Waals surface area contributed by atoms with Crippen LogP contribution in [-0.4, -0.2) is 28.2 Å². The summed E-state index contributed by atoms with van der Waals surface area (Å²) in [5.41, 5.74) is 0.591. The van der Waals surface area contributed by atoms with Gasteiger partial charge < -0.3 is 14.8 Å². The van der Waals surface area contributed by atoms with Crippen molar-refractivity contribution in [1.82, 2.24) is 15.0 Å². The number of nitrogens with one attached hydrogen (secondary N) is 1. The van der Waals surface area contributed by atoms with Crippen molar-refractivity contribution in [3.05, 3.63) is 28.5 Å². The number of anilines is 2. The standard InChI is InChI=1S/C13H14Cl2N4O2/c1-7(2)21-13-18-11(15)17-12(19-13)16-10-6-8(20-3)4-5-9(10)14/h4-7H,1-3H3,(H,16,17,18,19). The van der Waals surface area contributed by atoms with E-state index in [1.54, 1.807) is 25.3 Å². The van der Waals surface area contributed by atoms with E-state index < -0.39 is 0 Å². The number of benzene rings is 1. The number of hydrogen-bond donors (Lipinski definition) is 1. The van der Waals surface area contributed by atoms with Crippen molar-refractivity contribution in [1.29, 1.82) is 0 Å². The Morgan fingerprint density at radius 3 is 2.57 bits per heavy atom. The molecule has 8 heteroatoms. The van der Waals surface area contributed by atoms with Crippen LogP contribution in [0.15, 0.2) is 18.2 Å². The molecule has 0 aliphatic carbocycles. The van der Waals surface area contributed by atoms with Crippen LogP contribution in [0.5, 0.6) is 11.8 Å². The van der Waals surface area contributed by atoms with E-state index in [4.69, 9.17) is 32.7 Å². The fourth-order valence-corrected chi connectivity index (χ4v) is 1.82. The van der Waals surface area contributed by atoms with E-state index in [0.29, 0.717) is 16.5 Å². The summed E-state index contributed by atoms with van der Waals surface area (Å²) in [6.07, 6.45) is -0.0725. The van der Waals surface area contributed by atoms with Gasteiger partial charge in [0.1, 0.15) is 5.75 Å². The molecule has 0 fully saturated rings. The summed E-state index contributed by atoms with van der Waals surface area (Å²) in [6.45, 7) is 3.73. The summed E-state index contributed by atoms with van der Waals surface area (Å²) >= 11 is 12.0. The highest BCUT2D eigenvalue weighted by Crippen LogP contribution is 2.29. The highest BCUT2D eigenvalue weighted by molar-refractivity contribution is 6.33. The maximum absolute atomic E-state index is 6.11. The third-order valence-corrected chi connectivity index (χ3v) is 2.85. The van der Waals surface area contributed by atoms with Gasteiger partial charge in [-0.05, 0) is 37.6 Å². The van der Waals surface area contributed by atoms with Gasteiger partial charge in [0.2, 0.25) is 11.2 Å². The van der Waals surface area contributed by atoms with Gasteiger partial charge in [-0.2, -0.15) is 15.0 Å². The molecular weight excluding hydrogens is 315 g/mol. The van der Waals surface area contributed by atoms with Gasteiger partial charge in [-0.15, -0.1) is 0 Å². The molecule has 1 aromatic carbocycles. The van der Waals surface area contributed by atoms with Crippen molar-refractivity contribution >= 4 is 34.8 Å². The molecule has 0 saturated heterocycles. The van der Waals surface area contributed by atoms with Crippen LogP contribution >= 0.6 is 23.2 Å². The molecule has 0 amide bonds. The van der Waals surface area contributed by atoms with Crippen molar-refractivity contribution in [2.75, 3.05) is 12.4 Å². The Labute approximate surface area is 132 Å². The molecule has 0 aliphatic rings. The van der Waals surface area contributed by atoms with Crippen LogP contribution in [0.4, 0.5) is 11.6 Å². The van der Waals surface area contributed by atoms with Gasteiger partial charge in [-0.3, -0.25) is 0 Å². The monoisotopic (exact) mass is 328 g/mol. The molecule has 112 valence electrons. The van der Waals surface area contributed by atoms with Crippen LogP contribution in [0, 0.1) is 0 Å². The average Bonchev–Trinajstić information content (AvgIpc) is 2.39. The van der Waals surface area contributed by atoms with E-state index in [9.17, 15) is 0 Å². The maximum Gasteiger partial charge on any atom is 0.322 e. The van der Waals surface area contributed by atoms with E-state index in [2.05, 4.69) is 20.3 Å². The van der Waals surface area contributed by atoms with Gasteiger partial charge >= 0.3 is 6.01 Å². The third kappa shape index (κ3) is 4.34. The van der Waals surface area contributed by atoms with Gasteiger partial charge in [0.25, 0.3) is 0 Å². The predicted molar refractivity (Wildman–Crippen MR) is 81.9 cm³/mol. The van der Waals surface area contributed by atoms with Crippen LogP contribution in [-0.2, 0) is 0 Å². The molecule has 1 aromatic heterocycles. The molecule has 1 N–H and O–H groups in total. The molecule has 6 nitrogen and oxygen atoms in total. The lowest BCUT2D eigenvalue weighted by molar-refractivity contribution is 0.222. The molecular formula is C13H14Cl2N4O2. The lowest BCUT2D eigenvalue weighted by Crippen LogP contribution is -2.10. The number of aromatic nitrogens is 3. The molecule has 0 bridgehead atoms. The predicted octanol–water partition coefficient (Wildman–Crippen LogP) is 3.72. The van der Waals surface area contributed by atoms with Crippen LogP contribution in [0.3, 0.4) is 0 Å². The minimum atomic E-state index is -0.0725. The molecule has 2 rings (SSSR count). The van der Waals surface area contributed by atoms with Crippen LogP contribution in [0.1, 0.15) is 13.8 Å². The van der Waals surface area contributed by atoms with Crippen molar-refractivity contribution < 1.29 is 9.47 Å². The summed E-state index contributed by atoms with van der Waals surface area (Å²) in [4.78, 5) is 12.0. The summed E-state index contributed by atoms with van der Waals surface area (Å²) in [7, 11) is 1.57. The summed E-state index contributed by atoms with van der Waals surface area (Å²) in [5, 5.41) is 3.49. The Morgan fingerprint density at radius 2 is 1.90 bits per heavy atom. The molecule has 0 unspecified atom stereocenters. The van der Waals surface area contributed by atoms with Crippen LogP contribution < -0.4 is 14.8 Å². The molecule has 1 heterocycles. The highest BCUT2D eigenvalue weighted by Gasteiger charge is 2.10. The van der Waals surface area contributed by atoms with Gasteiger partial charge in [-0.25, -0.2) is 0 Å². The summed E-state index contributed by atoms with van der Waals surface area (Å²) in [5.74, 6) is 0.890. The van der Waals surface area contributed by atoms with E-state index in [0.717, 1.165) is 0 Å². The number of rotatable bonds is 5. The fourth-order valence-electron chi connectivity index (χ4n) is 1.50. The van der Waals surface area contributed by atoms with Crippen molar-refractivity contribution in [3.63, 3.8) is 0 Å². The molecule has 0 radical (unpaired) electrons. The second kappa shape index (κ2) is 6.78. The van der Waals surface area contributed by atoms with Crippen molar-refractivity contribution in [2.45, 2.75) is 20.0 Å². The zero-order valence-electron chi connectivity index (χ0n) is 11.7. The Morgan fingerprint density at radius 1 is 1.14 bits per heavy atom. The van der Waals surface area contributed by atoms with Gasteiger partial charge in [0.15, 0.2) is 0 Å². The topological polar surface area (TPSA) is 69.2 Å². The smallest absolute Gasteiger partial charge is 0.322 e. The number of hydrogen-bond acceptors (Lipinski definition) is 6. The lowest BCUT2D eigenvalue weighted by Gasteiger charge is -2.11. The van der Waals surface area contributed by atoms with Crippen molar-refractivity contribution in [2.24, 2.45) is 0 Å². The van der Waals surface area contributed by atoms with Gasteiger partial charge in [-0.1, -0.05) is 11.6 Å². The Balaban J connectivity index is 2.28. The zero-order chi connectivity index (χ0) is 15.4. The first-order valence-electron chi connectivity index (χ1n) is 6.16. The maximum atomic E-state index is 6.11. The first kappa shape index (κ1) is 15.6. The molecule has 0 saturated carbocycles. The Kier molecular flexibility index (Phi) is 5.03. The fraction of sp³-hybridized carbons (Fsp3) is 0.308. The normalized spacial score (nSPS) is 10.6. The third-order valence-electron chi connectivity index (χ3n) is 2.35. The van der Waals surface area contributed by atoms with E-state index >= 15 is 0 Å². The molecule has 2 aromatic rings. The number of methoxy groups -OCH3 is 1. The minimum absolute atomic E-state index is 0.0298. The van der Waals surface area contributed by atoms with E-state index in [1.165, 1.54) is 0 Å². The quantitative estimate of drug-likeness (QED) is 0.902. The number of halogens is 2. The molecule has 21 heavy (non-hydrogen) atoms. The minimum Gasteiger partial charge on any atom is -0.497 e. The van der Waals surface area contributed by atoms with E-state index in [1.807, 2.05) is 13.8 Å².